The molecule has 11 heteroatoms. The molecule has 7 N–H and O–H groups in total. The highest BCUT2D eigenvalue weighted by molar-refractivity contribution is 7.80. The summed E-state index contributed by atoms with van der Waals surface area (Å²) in [6.07, 6.45) is 1.54. The maximum Gasteiger partial charge on any atom is 0.326 e. The number of nitrogens with zero attached hydrogens (tertiary/aromatic N) is 1. The number of aliphatic hydroxyl groups is 1. The van der Waals surface area contributed by atoms with Crippen molar-refractivity contribution in [3.63, 3.8) is 0 Å². The maximum atomic E-state index is 12.2. The molecule has 0 aliphatic heterocycles. The molecule has 0 spiro atoms. The van der Waals surface area contributed by atoms with E-state index in [4.69, 9.17) is 5.73 Å². The number of nitrogens with one attached hydrogen (secondary N) is 3. The summed E-state index contributed by atoms with van der Waals surface area (Å²) in [6.45, 7) is 1.29. The van der Waals surface area contributed by atoms with Gasteiger partial charge in [-0.2, -0.15) is 12.6 Å². The number of rotatable bonds is 9. The molecule has 4 unspecified atom stereocenters. The normalized spacial score (nSPS) is 15.8. The number of imidazole rings is 1. The topological polar surface area (TPSA) is 170 Å². The fourth-order valence-electron chi connectivity index (χ4n) is 1.83. The minimum atomic E-state index is -1.34. The van der Waals surface area contributed by atoms with Gasteiger partial charge in [-0.1, -0.05) is 0 Å². The third-order valence-corrected chi connectivity index (χ3v) is 3.58. The lowest BCUT2D eigenvalue weighted by Crippen LogP contribution is -2.58. The Labute approximate surface area is 143 Å². The van der Waals surface area contributed by atoms with Crippen LogP contribution in [0.5, 0.6) is 0 Å². The van der Waals surface area contributed by atoms with Gasteiger partial charge in [-0.05, 0) is 6.92 Å². The van der Waals surface area contributed by atoms with Crippen LogP contribution < -0.4 is 16.4 Å². The van der Waals surface area contributed by atoms with Crippen LogP contribution >= 0.6 is 12.6 Å². The zero-order chi connectivity index (χ0) is 18.3. The van der Waals surface area contributed by atoms with E-state index in [9.17, 15) is 24.6 Å². The molecule has 134 valence electrons. The number of hydrogen-bond acceptors (Lipinski definition) is 7. The van der Waals surface area contributed by atoms with E-state index in [1.807, 2.05) is 0 Å². The van der Waals surface area contributed by atoms with Crippen LogP contribution in [0.2, 0.25) is 0 Å². The van der Waals surface area contributed by atoms with Gasteiger partial charge in [-0.3, -0.25) is 9.59 Å². The molecular formula is C13H21N5O5S. The average Bonchev–Trinajstić information content (AvgIpc) is 3.03. The van der Waals surface area contributed by atoms with Crippen molar-refractivity contribution in [1.29, 1.82) is 0 Å². The summed E-state index contributed by atoms with van der Waals surface area (Å²) in [5, 5.41) is 23.5. The van der Waals surface area contributed by atoms with Crippen LogP contribution in [-0.4, -0.2) is 67.9 Å². The lowest BCUT2D eigenvalue weighted by molar-refractivity contribution is -0.142. The number of carbonyl (C=O) groups excluding carboxylic acids is 2. The Bertz CT molecular complexity index is 565. The van der Waals surface area contributed by atoms with Gasteiger partial charge in [-0.25, -0.2) is 9.78 Å². The quantitative estimate of drug-likeness (QED) is 0.242. The number of carboxylic acids is 1. The molecule has 0 radical (unpaired) electrons. The molecule has 4 atom stereocenters. The van der Waals surface area contributed by atoms with Crippen LogP contribution in [0.3, 0.4) is 0 Å². The van der Waals surface area contributed by atoms with Crippen molar-refractivity contribution in [3.8, 4) is 0 Å². The van der Waals surface area contributed by atoms with Crippen molar-refractivity contribution in [2.45, 2.75) is 37.6 Å². The molecule has 1 heterocycles. The first-order valence-electron chi connectivity index (χ1n) is 7.11. The standard InChI is InChI=1S/C13H21N5O5S/c1-6(19)10(18-11(20)8(14)4-24)12(21)17-9(13(22)23)2-7-3-15-5-16-7/h3,5-6,8-10,19,24H,2,4,14H2,1H3,(H,15,16)(H,17,21)(H,18,20)(H,22,23). The number of H-pyrrole nitrogens is 1. The highest BCUT2D eigenvalue weighted by Crippen LogP contribution is 2.02. The average molecular weight is 359 g/mol. The van der Waals surface area contributed by atoms with Crippen LogP contribution in [0.4, 0.5) is 0 Å². The molecule has 1 aromatic rings. The Morgan fingerprint density at radius 2 is 2.04 bits per heavy atom. The number of hydrogen-bond donors (Lipinski definition) is 7. The van der Waals surface area contributed by atoms with E-state index in [1.54, 1.807) is 0 Å². The van der Waals surface area contributed by atoms with E-state index >= 15 is 0 Å². The molecule has 24 heavy (non-hydrogen) atoms. The Hall–Kier alpha value is -2.11. The second-order valence-electron chi connectivity index (χ2n) is 5.20. The zero-order valence-electron chi connectivity index (χ0n) is 13.0. The summed E-state index contributed by atoms with van der Waals surface area (Å²) in [5.74, 6) is -2.72. The van der Waals surface area contributed by atoms with Gasteiger partial charge < -0.3 is 31.6 Å². The second kappa shape index (κ2) is 9.25. The molecule has 10 nitrogen and oxygen atoms in total. The number of amides is 2. The minimum Gasteiger partial charge on any atom is -0.480 e. The molecule has 0 fully saturated rings. The van der Waals surface area contributed by atoms with Crippen molar-refractivity contribution in [3.05, 3.63) is 18.2 Å². The number of aromatic amines is 1. The SMILES string of the molecule is CC(O)C(NC(=O)C(N)CS)C(=O)NC(Cc1cnc[nH]1)C(=O)O. The number of aliphatic hydroxyl groups excluding tert-OH is 1. The van der Waals surface area contributed by atoms with Gasteiger partial charge in [0.2, 0.25) is 11.8 Å². The van der Waals surface area contributed by atoms with Crippen molar-refractivity contribution in [1.82, 2.24) is 20.6 Å². The Balaban J connectivity index is 2.77. The van der Waals surface area contributed by atoms with Crippen LogP contribution in [0.25, 0.3) is 0 Å². The van der Waals surface area contributed by atoms with E-state index in [-0.39, 0.29) is 12.2 Å². The van der Waals surface area contributed by atoms with Crippen molar-refractivity contribution in [2.75, 3.05) is 5.75 Å². The number of thiol groups is 1. The van der Waals surface area contributed by atoms with Crippen molar-refractivity contribution < 1.29 is 24.6 Å². The number of carboxylic acid groups (broad SMARTS) is 1. The molecular weight excluding hydrogens is 338 g/mol. The predicted molar refractivity (Wildman–Crippen MR) is 87.3 cm³/mol. The van der Waals surface area contributed by atoms with Gasteiger partial charge in [0.05, 0.1) is 18.5 Å². The lowest BCUT2D eigenvalue weighted by atomic mass is 10.1. The van der Waals surface area contributed by atoms with E-state index in [1.165, 1.54) is 19.4 Å². The zero-order valence-corrected chi connectivity index (χ0v) is 13.9. The Morgan fingerprint density at radius 3 is 2.50 bits per heavy atom. The first kappa shape index (κ1) is 19.9. The summed E-state index contributed by atoms with van der Waals surface area (Å²) in [5.41, 5.74) is 6.01. The molecule has 0 saturated heterocycles. The monoisotopic (exact) mass is 359 g/mol. The van der Waals surface area contributed by atoms with Crippen molar-refractivity contribution >= 4 is 30.4 Å². The minimum absolute atomic E-state index is 0.0301. The second-order valence-corrected chi connectivity index (χ2v) is 5.56. The van der Waals surface area contributed by atoms with Gasteiger partial charge in [0.15, 0.2) is 0 Å². The third kappa shape index (κ3) is 5.83. The number of nitrogens with two attached hydrogens (primary N) is 1. The Morgan fingerprint density at radius 1 is 1.38 bits per heavy atom. The molecule has 0 bridgehead atoms. The third-order valence-electron chi connectivity index (χ3n) is 3.19. The summed E-state index contributed by atoms with van der Waals surface area (Å²) in [7, 11) is 0. The maximum absolute atomic E-state index is 12.2. The van der Waals surface area contributed by atoms with Crippen molar-refractivity contribution in [2.24, 2.45) is 5.73 Å². The summed E-state index contributed by atoms with van der Waals surface area (Å²) in [4.78, 5) is 41.8. The lowest BCUT2D eigenvalue weighted by Gasteiger charge is -2.24. The summed E-state index contributed by atoms with van der Waals surface area (Å²) >= 11 is 3.88. The van der Waals surface area contributed by atoms with Gasteiger partial charge in [-0.15, -0.1) is 0 Å². The fraction of sp³-hybridized carbons (Fsp3) is 0.538. The summed E-state index contributed by atoms with van der Waals surface area (Å²) < 4.78 is 0. The number of aromatic nitrogens is 2. The van der Waals surface area contributed by atoms with Crippen LogP contribution in [0.15, 0.2) is 12.5 Å². The smallest absolute Gasteiger partial charge is 0.326 e. The molecule has 0 aliphatic rings. The van der Waals surface area contributed by atoms with E-state index in [0.717, 1.165) is 0 Å². The van der Waals surface area contributed by atoms with Gasteiger partial charge >= 0.3 is 5.97 Å². The van der Waals surface area contributed by atoms with Gasteiger partial charge in [0.25, 0.3) is 0 Å². The van der Waals surface area contributed by atoms with Gasteiger partial charge in [0, 0.05) is 24.1 Å². The number of carbonyl (C=O) groups is 3. The molecule has 0 saturated carbocycles. The highest BCUT2D eigenvalue weighted by Gasteiger charge is 2.30. The van der Waals surface area contributed by atoms with E-state index in [0.29, 0.717) is 5.69 Å². The highest BCUT2D eigenvalue weighted by atomic mass is 32.1. The fourth-order valence-corrected chi connectivity index (χ4v) is 1.99. The van der Waals surface area contributed by atoms with E-state index < -0.39 is 42.0 Å². The summed E-state index contributed by atoms with van der Waals surface area (Å²) in [6, 6.07) is -3.55. The molecule has 0 aromatic carbocycles. The first-order valence-corrected chi connectivity index (χ1v) is 7.74. The molecule has 1 rings (SSSR count). The number of aliphatic carboxylic acids is 1. The molecule has 1 aromatic heterocycles. The van der Waals surface area contributed by atoms with Crippen LogP contribution in [-0.2, 0) is 20.8 Å². The predicted octanol–water partition coefficient (Wildman–Crippen LogP) is -2.36. The molecule has 2 amide bonds. The Kier molecular flexibility index (Phi) is 7.68. The van der Waals surface area contributed by atoms with E-state index in [2.05, 4.69) is 33.2 Å². The van der Waals surface area contributed by atoms with Crippen LogP contribution in [0, 0.1) is 0 Å². The first-order chi connectivity index (χ1) is 11.3. The van der Waals surface area contributed by atoms with Crippen LogP contribution in [0.1, 0.15) is 12.6 Å². The molecule has 0 aliphatic carbocycles. The van der Waals surface area contributed by atoms with Gasteiger partial charge in [0.1, 0.15) is 12.1 Å². The largest absolute Gasteiger partial charge is 0.480 e.